The van der Waals surface area contributed by atoms with Crippen molar-refractivity contribution in [2.75, 3.05) is 19.7 Å². The van der Waals surface area contributed by atoms with E-state index in [9.17, 15) is 4.79 Å². The lowest BCUT2D eigenvalue weighted by Gasteiger charge is -2.29. The summed E-state index contributed by atoms with van der Waals surface area (Å²) in [4.78, 5) is 12.1. The van der Waals surface area contributed by atoms with Crippen molar-refractivity contribution >= 4 is 5.91 Å². The third kappa shape index (κ3) is 4.64. The van der Waals surface area contributed by atoms with Gasteiger partial charge in [0.1, 0.15) is 0 Å². The quantitative estimate of drug-likeness (QED) is 0.737. The molecule has 4 nitrogen and oxygen atoms in total. The first-order chi connectivity index (χ1) is 8.19. The number of carbonyl (C=O) groups is 1. The number of rotatable bonds is 6. The van der Waals surface area contributed by atoms with Crippen molar-refractivity contribution in [3.63, 3.8) is 0 Å². The van der Waals surface area contributed by atoms with E-state index in [1.165, 1.54) is 6.42 Å². The van der Waals surface area contributed by atoms with Crippen molar-refractivity contribution in [2.24, 2.45) is 17.6 Å². The van der Waals surface area contributed by atoms with Crippen molar-refractivity contribution < 1.29 is 9.53 Å². The first-order valence-corrected chi connectivity index (χ1v) is 6.78. The number of carbonyl (C=O) groups excluding carboxylic acids is 1. The number of amides is 1. The van der Waals surface area contributed by atoms with E-state index in [0.29, 0.717) is 25.6 Å². The zero-order chi connectivity index (χ0) is 12.7. The third-order valence-electron chi connectivity index (χ3n) is 3.56. The molecule has 1 rings (SSSR count). The van der Waals surface area contributed by atoms with Gasteiger partial charge in [-0.05, 0) is 39.2 Å². The summed E-state index contributed by atoms with van der Waals surface area (Å²) in [6.07, 6.45) is 4.52. The standard InChI is InChI=1S/C13H26N2O2/c1-3-17-10(2)9-15-13(16)12-7-5-4-6-11(12)8-14/h10-12H,3-9,14H2,1-2H3,(H,15,16). The van der Waals surface area contributed by atoms with Gasteiger partial charge in [0.2, 0.25) is 5.91 Å². The van der Waals surface area contributed by atoms with Crippen LogP contribution in [0.25, 0.3) is 0 Å². The Morgan fingerprint density at radius 2 is 2.18 bits per heavy atom. The van der Waals surface area contributed by atoms with Crippen molar-refractivity contribution in [2.45, 2.75) is 45.6 Å². The van der Waals surface area contributed by atoms with Gasteiger partial charge < -0.3 is 15.8 Å². The minimum Gasteiger partial charge on any atom is -0.377 e. The average molecular weight is 242 g/mol. The second kappa shape index (κ2) is 7.67. The topological polar surface area (TPSA) is 64.3 Å². The fraction of sp³-hybridized carbons (Fsp3) is 0.923. The molecule has 3 unspecified atom stereocenters. The summed E-state index contributed by atoms with van der Waals surface area (Å²) < 4.78 is 5.39. The zero-order valence-corrected chi connectivity index (χ0v) is 11.1. The van der Waals surface area contributed by atoms with Gasteiger partial charge in [0, 0.05) is 19.1 Å². The SMILES string of the molecule is CCOC(C)CNC(=O)C1CCCCC1CN. The molecule has 100 valence electrons. The van der Waals surface area contributed by atoms with Gasteiger partial charge in [-0.2, -0.15) is 0 Å². The molecule has 4 heteroatoms. The summed E-state index contributed by atoms with van der Waals surface area (Å²) in [6, 6.07) is 0. The van der Waals surface area contributed by atoms with Crippen LogP contribution in [0.3, 0.4) is 0 Å². The van der Waals surface area contributed by atoms with E-state index in [2.05, 4.69) is 5.32 Å². The van der Waals surface area contributed by atoms with E-state index in [0.717, 1.165) is 19.3 Å². The van der Waals surface area contributed by atoms with Crippen molar-refractivity contribution in [1.29, 1.82) is 0 Å². The highest BCUT2D eigenvalue weighted by Crippen LogP contribution is 2.29. The summed E-state index contributed by atoms with van der Waals surface area (Å²) in [7, 11) is 0. The Balaban J connectivity index is 2.34. The van der Waals surface area contributed by atoms with E-state index in [1.807, 2.05) is 13.8 Å². The molecule has 1 amide bonds. The molecule has 3 N–H and O–H groups in total. The highest BCUT2D eigenvalue weighted by atomic mass is 16.5. The van der Waals surface area contributed by atoms with Crippen LogP contribution in [0, 0.1) is 11.8 Å². The van der Waals surface area contributed by atoms with Gasteiger partial charge in [0.25, 0.3) is 0 Å². The summed E-state index contributed by atoms with van der Waals surface area (Å²) in [5.41, 5.74) is 5.73. The normalized spacial score (nSPS) is 26.5. The van der Waals surface area contributed by atoms with Crippen molar-refractivity contribution in [3.8, 4) is 0 Å². The smallest absolute Gasteiger partial charge is 0.223 e. The number of hydrogen-bond acceptors (Lipinski definition) is 3. The minimum absolute atomic E-state index is 0.0869. The Morgan fingerprint density at radius 3 is 2.82 bits per heavy atom. The van der Waals surface area contributed by atoms with Gasteiger partial charge in [-0.25, -0.2) is 0 Å². The predicted octanol–water partition coefficient (Wildman–Crippen LogP) is 1.29. The van der Waals surface area contributed by atoms with E-state index < -0.39 is 0 Å². The van der Waals surface area contributed by atoms with Gasteiger partial charge in [-0.3, -0.25) is 4.79 Å². The van der Waals surface area contributed by atoms with Gasteiger partial charge in [0.15, 0.2) is 0 Å². The first-order valence-electron chi connectivity index (χ1n) is 6.78. The summed E-state index contributed by atoms with van der Waals surface area (Å²) >= 11 is 0. The van der Waals surface area contributed by atoms with Gasteiger partial charge in [0.05, 0.1) is 6.10 Å². The van der Waals surface area contributed by atoms with Crippen LogP contribution >= 0.6 is 0 Å². The van der Waals surface area contributed by atoms with Gasteiger partial charge in [-0.15, -0.1) is 0 Å². The van der Waals surface area contributed by atoms with E-state index in [4.69, 9.17) is 10.5 Å². The highest BCUT2D eigenvalue weighted by Gasteiger charge is 2.29. The Kier molecular flexibility index (Phi) is 6.52. The van der Waals surface area contributed by atoms with Crippen LogP contribution in [-0.4, -0.2) is 31.7 Å². The first kappa shape index (κ1) is 14.5. The molecule has 0 aliphatic heterocycles. The summed E-state index contributed by atoms with van der Waals surface area (Å²) in [5.74, 6) is 0.639. The minimum atomic E-state index is 0.0869. The Hall–Kier alpha value is -0.610. The molecule has 0 spiro atoms. The van der Waals surface area contributed by atoms with Gasteiger partial charge in [-0.1, -0.05) is 12.8 Å². The fourth-order valence-corrected chi connectivity index (χ4v) is 2.55. The molecule has 1 aliphatic carbocycles. The van der Waals surface area contributed by atoms with E-state index >= 15 is 0 Å². The third-order valence-corrected chi connectivity index (χ3v) is 3.56. The maximum absolute atomic E-state index is 12.1. The lowest BCUT2D eigenvalue weighted by Crippen LogP contribution is -2.42. The molecule has 0 radical (unpaired) electrons. The molecular formula is C13H26N2O2. The molecule has 17 heavy (non-hydrogen) atoms. The monoisotopic (exact) mass is 242 g/mol. The zero-order valence-electron chi connectivity index (χ0n) is 11.1. The van der Waals surface area contributed by atoms with Crippen LogP contribution in [0.5, 0.6) is 0 Å². The predicted molar refractivity (Wildman–Crippen MR) is 68.6 cm³/mol. The number of hydrogen-bond donors (Lipinski definition) is 2. The average Bonchev–Trinajstić information content (AvgIpc) is 2.36. The number of nitrogens with two attached hydrogens (primary N) is 1. The van der Waals surface area contributed by atoms with Crippen LogP contribution in [0.4, 0.5) is 0 Å². The molecule has 0 aromatic heterocycles. The largest absolute Gasteiger partial charge is 0.377 e. The molecule has 0 aromatic rings. The Labute approximate surface area is 104 Å². The van der Waals surface area contributed by atoms with Crippen LogP contribution in [0.2, 0.25) is 0 Å². The fourth-order valence-electron chi connectivity index (χ4n) is 2.55. The maximum Gasteiger partial charge on any atom is 0.223 e. The van der Waals surface area contributed by atoms with Crippen LogP contribution in [0.15, 0.2) is 0 Å². The summed E-state index contributed by atoms with van der Waals surface area (Å²) in [5, 5.41) is 2.98. The number of ether oxygens (including phenoxy) is 1. The molecule has 1 saturated carbocycles. The second-order valence-electron chi connectivity index (χ2n) is 4.90. The molecule has 1 fully saturated rings. The van der Waals surface area contributed by atoms with Crippen LogP contribution in [-0.2, 0) is 9.53 Å². The highest BCUT2D eigenvalue weighted by molar-refractivity contribution is 5.79. The number of nitrogens with one attached hydrogen (secondary N) is 1. The lowest BCUT2D eigenvalue weighted by molar-refractivity contribution is -0.128. The molecule has 0 bridgehead atoms. The molecule has 0 heterocycles. The molecule has 3 atom stereocenters. The van der Waals surface area contributed by atoms with E-state index in [1.54, 1.807) is 0 Å². The van der Waals surface area contributed by atoms with E-state index in [-0.39, 0.29) is 17.9 Å². The summed E-state index contributed by atoms with van der Waals surface area (Å²) in [6.45, 7) is 5.85. The maximum atomic E-state index is 12.1. The van der Waals surface area contributed by atoms with Crippen molar-refractivity contribution in [3.05, 3.63) is 0 Å². The molecule has 0 aromatic carbocycles. The Morgan fingerprint density at radius 1 is 1.47 bits per heavy atom. The molecular weight excluding hydrogens is 216 g/mol. The van der Waals surface area contributed by atoms with Crippen LogP contribution < -0.4 is 11.1 Å². The molecule has 1 aliphatic rings. The Bertz CT molecular complexity index is 233. The lowest BCUT2D eigenvalue weighted by atomic mass is 9.79. The second-order valence-corrected chi connectivity index (χ2v) is 4.90. The molecule has 0 saturated heterocycles. The van der Waals surface area contributed by atoms with Crippen molar-refractivity contribution in [1.82, 2.24) is 5.32 Å². The van der Waals surface area contributed by atoms with Crippen LogP contribution in [0.1, 0.15) is 39.5 Å². The van der Waals surface area contributed by atoms with Gasteiger partial charge >= 0.3 is 0 Å².